The standard InChI is InChI=1S/C16H17N3O4/c1-10-6-7-17-14(8-10)19-16(21)15(20)18-11-4-5-12(22-2)13(9-11)23-3/h4-9H,1-3H3,(H,18,20)(H,17,19,21). The summed E-state index contributed by atoms with van der Waals surface area (Å²) in [5.41, 5.74) is 1.34. The fraction of sp³-hybridized carbons (Fsp3) is 0.188. The Bertz CT molecular complexity index is 731. The van der Waals surface area contributed by atoms with Crippen molar-refractivity contribution < 1.29 is 19.1 Å². The SMILES string of the molecule is COc1ccc(NC(=O)C(=O)Nc2cc(C)ccn2)cc1OC. The molecule has 2 aromatic rings. The smallest absolute Gasteiger partial charge is 0.315 e. The van der Waals surface area contributed by atoms with Crippen LogP contribution in [0.25, 0.3) is 0 Å². The Morgan fingerprint density at radius 2 is 1.65 bits per heavy atom. The third kappa shape index (κ3) is 4.19. The number of aromatic nitrogens is 1. The lowest BCUT2D eigenvalue weighted by Crippen LogP contribution is -2.29. The van der Waals surface area contributed by atoms with Crippen LogP contribution in [0.4, 0.5) is 11.5 Å². The van der Waals surface area contributed by atoms with Gasteiger partial charge in [0.25, 0.3) is 0 Å². The summed E-state index contributed by atoms with van der Waals surface area (Å²) < 4.78 is 10.2. The van der Waals surface area contributed by atoms with Crippen molar-refractivity contribution in [1.29, 1.82) is 0 Å². The first kappa shape index (κ1) is 16.3. The Kier molecular flexibility index (Phi) is 5.14. The maximum Gasteiger partial charge on any atom is 0.315 e. The van der Waals surface area contributed by atoms with E-state index in [1.807, 2.05) is 6.92 Å². The Labute approximate surface area is 133 Å². The quantitative estimate of drug-likeness (QED) is 0.842. The zero-order valence-corrected chi connectivity index (χ0v) is 13.0. The van der Waals surface area contributed by atoms with E-state index in [9.17, 15) is 9.59 Å². The van der Waals surface area contributed by atoms with Crippen LogP contribution in [0.5, 0.6) is 11.5 Å². The van der Waals surface area contributed by atoms with Crippen LogP contribution in [0.3, 0.4) is 0 Å². The predicted molar refractivity (Wildman–Crippen MR) is 85.8 cm³/mol. The van der Waals surface area contributed by atoms with Crippen LogP contribution in [0, 0.1) is 6.92 Å². The maximum atomic E-state index is 11.9. The number of methoxy groups -OCH3 is 2. The minimum absolute atomic E-state index is 0.317. The molecule has 1 heterocycles. The van der Waals surface area contributed by atoms with Crippen molar-refractivity contribution in [3.8, 4) is 11.5 Å². The second kappa shape index (κ2) is 7.26. The molecule has 120 valence electrons. The zero-order valence-electron chi connectivity index (χ0n) is 13.0. The topological polar surface area (TPSA) is 89.5 Å². The zero-order chi connectivity index (χ0) is 16.8. The molecule has 23 heavy (non-hydrogen) atoms. The van der Waals surface area contributed by atoms with Gasteiger partial charge < -0.3 is 20.1 Å². The van der Waals surface area contributed by atoms with Gasteiger partial charge in [-0.1, -0.05) is 0 Å². The minimum Gasteiger partial charge on any atom is -0.493 e. The van der Waals surface area contributed by atoms with E-state index >= 15 is 0 Å². The molecular formula is C16H17N3O4. The molecule has 0 aliphatic carbocycles. The van der Waals surface area contributed by atoms with Gasteiger partial charge in [-0.3, -0.25) is 9.59 Å². The lowest BCUT2D eigenvalue weighted by atomic mass is 10.2. The highest BCUT2D eigenvalue weighted by Gasteiger charge is 2.15. The first-order chi connectivity index (χ1) is 11.0. The first-order valence-corrected chi connectivity index (χ1v) is 6.80. The number of anilines is 2. The van der Waals surface area contributed by atoms with Gasteiger partial charge in [0.15, 0.2) is 11.5 Å². The number of aryl methyl sites for hydroxylation is 1. The lowest BCUT2D eigenvalue weighted by molar-refractivity contribution is -0.133. The van der Waals surface area contributed by atoms with Crippen LogP contribution in [-0.4, -0.2) is 31.0 Å². The summed E-state index contributed by atoms with van der Waals surface area (Å²) in [5, 5.41) is 4.92. The molecule has 7 nitrogen and oxygen atoms in total. The molecule has 0 aliphatic heterocycles. The van der Waals surface area contributed by atoms with Gasteiger partial charge in [-0.05, 0) is 36.8 Å². The summed E-state index contributed by atoms with van der Waals surface area (Å²) in [6.07, 6.45) is 1.55. The molecule has 2 N–H and O–H groups in total. The van der Waals surface area contributed by atoms with Gasteiger partial charge in [-0.2, -0.15) is 0 Å². The van der Waals surface area contributed by atoms with Crippen molar-refractivity contribution in [2.75, 3.05) is 24.9 Å². The lowest BCUT2D eigenvalue weighted by Gasteiger charge is -2.10. The number of rotatable bonds is 4. The number of hydrogen-bond acceptors (Lipinski definition) is 5. The number of pyridine rings is 1. The molecule has 2 rings (SSSR count). The van der Waals surface area contributed by atoms with Crippen LogP contribution >= 0.6 is 0 Å². The summed E-state index contributed by atoms with van der Waals surface area (Å²) in [6, 6.07) is 8.27. The molecule has 1 aromatic carbocycles. The van der Waals surface area contributed by atoms with Gasteiger partial charge in [0, 0.05) is 18.0 Å². The molecule has 2 amide bonds. The molecule has 0 fully saturated rings. The summed E-state index contributed by atoms with van der Waals surface area (Å²) >= 11 is 0. The predicted octanol–water partition coefficient (Wildman–Crippen LogP) is 1.98. The Balaban J connectivity index is 2.05. The average Bonchev–Trinajstić information content (AvgIpc) is 2.54. The van der Waals surface area contributed by atoms with Crippen LogP contribution in [0.15, 0.2) is 36.5 Å². The molecule has 1 aromatic heterocycles. The van der Waals surface area contributed by atoms with E-state index in [-0.39, 0.29) is 0 Å². The third-order valence-corrected chi connectivity index (χ3v) is 3.00. The number of nitrogens with zero attached hydrogens (tertiary/aromatic N) is 1. The monoisotopic (exact) mass is 315 g/mol. The fourth-order valence-corrected chi connectivity index (χ4v) is 1.88. The van der Waals surface area contributed by atoms with Crippen molar-refractivity contribution in [2.45, 2.75) is 6.92 Å². The third-order valence-electron chi connectivity index (χ3n) is 3.00. The maximum absolute atomic E-state index is 11.9. The van der Waals surface area contributed by atoms with E-state index < -0.39 is 11.8 Å². The van der Waals surface area contributed by atoms with Crippen LogP contribution < -0.4 is 20.1 Å². The molecule has 0 aliphatic rings. The molecule has 0 spiro atoms. The molecular weight excluding hydrogens is 298 g/mol. The van der Waals surface area contributed by atoms with Crippen LogP contribution in [0.1, 0.15) is 5.56 Å². The highest BCUT2D eigenvalue weighted by Crippen LogP contribution is 2.29. The summed E-state index contributed by atoms with van der Waals surface area (Å²) in [6.45, 7) is 1.86. The molecule has 0 saturated carbocycles. The van der Waals surface area contributed by atoms with Gasteiger partial charge in [0.2, 0.25) is 0 Å². The number of amides is 2. The van der Waals surface area contributed by atoms with Gasteiger partial charge in [-0.15, -0.1) is 0 Å². The molecule has 0 radical (unpaired) electrons. The highest BCUT2D eigenvalue weighted by molar-refractivity contribution is 6.43. The van der Waals surface area contributed by atoms with E-state index in [4.69, 9.17) is 9.47 Å². The molecule has 0 unspecified atom stereocenters. The minimum atomic E-state index is -0.808. The van der Waals surface area contributed by atoms with Crippen LogP contribution in [0.2, 0.25) is 0 Å². The highest BCUT2D eigenvalue weighted by atomic mass is 16.5. The van der Waals surface area contributed by atoms with E-state index in [2.05, 4.69) is 15.6 Å². The second-order valence-electron chi connectivity index (χ2n) is 4.70. The van der Waals surface area contributed by atoms with E-state index in [1.54, 1.807) is 36.5 Å². The number of hydrogen-bond donors (Lipinski definition) is 2. The summed E-state index contributed by atoms with van der Waals surface area (Å²) in [7, 11) is 3.00. The van der Waals surface area contributed by atoms with Crippen molar-refractivity contribution in [3.63, 3.8) is 0 Å². The number of ether oxygens (including phenoxy) is 2. The molecule has 7 heteroatoms. The van der Waals surface area contributed by atoms with E-state index in [0.29, 0.717) is 23.0 Å². The Morgan fingerprint density at radius 3 is 2.30 bits per heavy atom. The number of carbonyl (C=O) groups excluding carboxylic acids is 2. The van der Waals surface area contributed by atoms with Crippen molar-refractivity contribution in [2.24, 2.45) is 0 Å². The van der Waals surface area contributed by atoms with Gasteiger partial charge >= 0.3 is 11.8 Å². The van der Waals surface area contributed by atoms with Gasteiger partial charge in [-0.25, -0.2) is 4.98 Å². The average molecular weight is 315 g/mol. The fourth-order valence-electron chi connectivity index (χ4n) is 1.88. The molecule has 0 saturated heterocycles. The van der Waals surface area contributed by atoms with Gasteiger partial charge in [0.1, 0.15) is 5.82 Å². The van der Waals surface area contributed by atoms with Crippen molar-refractivity contribution >= 4 is 23.3 Å². The normalized spacial score (nSPS) is 9.87. The molecule has 0 bridgehead atoms. The van der Waals surface area contributed by atoms with Crippen molar-refractivity contribution in [3.05, 3.63) is 42.1 Å². The van der Waals surface area contributed by atoms with Gasteiger partial charge in [0.05, 0.1) is 14.2 Å². The number of nitrogens with one attached hydrogen (secondary N) is 2. The van der Waals surface area contributed by atoms with E-state index in [0.717, 1.165) is 5.56 Å². The number of carbonyl (C=O) groups is 2. The van der Waals surface area contributed by atoms with Crippen molar-refractivity contribution in [1.82, 2.24) is 4.98 Å². The largest absolute Gasteiger partial charge is 0.493 e. The number of benzene rings is 1. The van der Waals surface area contributed by atoms with Crippen LogP contribution in [-0.2, 0) is 9.59 Å². The first-order valence-electron chi connectivity index (χ1n) is 6.80. The second-order valence-corrected chi connectivity index (χ2v) is 4.70. The molecule has 0 atom stereocenters. The summed E-state index contributed by atoms with van der Waals surface area (Å²) in [4.78, 5) is 27.8. The Hall–Kier alpha value is -3.09. The van der Waals surface area contributed by atoms with E-state index in [1.165, 1.54) is 14.2 Å². The summed E-state index contributed by atoms with van der Waals surface area (Å²) in [5.74, 6) is -0.319. The Morgan fingerprint density at radius 1 is 0.957 bits per heavy atom.